The van der Waals surface area contributed by atoms with Crippen LogP contribution in [0.1, 0.15) is 25.8 Å². The number of anilines is 1. The fourth-order valence-corrected chi connectivity index (χ4v) is 4.57. The van der Waals surface area contributed by atoms with Gasteiger partial charge in [0.2, 0.25) is 5.91 Å². The van der Waals surface area contributed by atoms with Crippen LogP contribution in [0.5, 0.6) is 5.75 Å². The second-order valence-corrected chi connectivity index (χ2v) is 9.28. The molecule has 0 saturated heterocycles. The van der Waals surface area contributed by atoms with Gasteiger partial charge in [-0.3, -0.25) is 9.36 Å². The van der Waals surface area contributed by atoms with Crippen molar-refractivity contribution in [3.05, 3.63) is 54.7 Å². The molecule has 1 saturated carbocycles. The molecule has 7 nitrogen and oxygen atoms in total. The van der Waals surface area contributed by atoms with E-state index in [-0.39, 0.29) is 17.7 Å². The number of hydrogen-bond acceptors (Lipinski definition) is 5. The van der Waals surface area contributed by atoms with Crippen LogP contribution in [-0.4, -0.2) is 37.3 Å². The van der Waals surface area contributed by atoms with E-state index in [1.807, 2.05) is 30.5 Å². The van der Waals surface area contributed by atoms with Crippen LogP contribution in [0, 0.1) is 0 Å². The van der Waals surface area contributed by atoms with Crippen molar-refractivity contribution in [2.75, 3.05) is 5.32 Å². The van der Waals surface area contributed by atoms with Crippen LogP contribution in [0.15, 0.2) is 59.9 Å². The highest BCUT2D eigenvalue weighted by Crippen LogP contribution is 2.42. The smallest absolute Gasteiger partial charge is 0.406 e. The predicted molar refractivity (Wildman–Crippen MR) is 123 cm³/mol. The molecule has 1 aliphatic rings. The lowest BCUT2D eigenvalue weighted by molar-refractivity contribution is -0.274. The van der Waals surface area contributed by atoms with Gasteiger partial charge in [-0.1, -0.05) is 30.0 Å². The number of aromatic nitrogens is 4. The zero-order valence-corrected chi connectivity index (χ0v) is 18.8. The average molecular weight is 488 g/mol. The molecule has 4 aromatic rings. The normalized spacial score (nSPS) is 14.8. The van der Waals surface area contributed by atoms with Crippen LogP contribution < -0.4 is 10.1 Å². The molecule has 1 unspecified atom stereocenters. The van der Waals surface area contributed by atoms with Crippen molar-refractivity contribution in [1.29, 1.82) is 0 Å². The molecular weight excluding hydrogens is 467 g/mol. The van der Waals surface area contributed by atoms with E-state index in [2.05, 4.69) is 29.8 Å². The van der Waals surface area contributed by atoms with Crippen molar-refractivity contribution in [2.24, 2.45) is 0 Å². The van der Waals surface area contributed by atoms with E-state index in [1.54, 1.807) is 6.92 Å². The molecule has 2 aromatic heterocycles. The third kappa shape index (κ3) is 4.74. The number of carbonyl (C=O) groups is 1. The standard InChI is InChI=1S/C23H20F3N5O2S/c1-13(21(32)28-14-6-10-16(11-7-14)33-23(24,25)26)34-22-30-29-20(31(22)15-8-9-15)18-12-27-19-5-3-2-4-17(18)19/h2-7,10-13,15,27H,8-9H2,1H3,(H,28,32). The average Bonchev–Trinajstić information content (AvgIpc) is 3.41. The van der Waals surface area contributed by atoms with Crippen molar-refractivity contribution in [1.82, 2.24) is 19.7 Å². The Kier molecular flexibility index (Phi) is 5.72. The van der Waals surface area contributed by atoms with Crippen molar-refractivity contribution in [2.45, 2.75) is 42.6 Å². The molecule has 0 radical (unpaired) electrons. The Hall–Kier alpha value is -3.47. The number of fused-ring (bicyclic) bond motifs is 1. The van der Waals surface area contributed by atoms with Gasteiger partial charge in [-0.05, 0) is 50.1 Å². The van der Waals surface area contributed by atoms with Crippen molar-refractivity contribution < 1.29 is 22.7 Å². The van der Waals surface area contributed by atoms with E-state index in [9.17, 15) is 18.0 Å². The molecule has 0 aliphatic heterocycles. The highest BCUT2D eigenvalue weighted by atomic mass is 32.2. The Morgan fingerprint density at radius 2 is 1.91 bits per heavy atom. The lowest BCUT2D eigenvalue weighted by Gasteiger charge is -2.14. The first-order valence-electron chi connectivity index (χ1n) is 10.6. The first kappa shape index (κ1) is 22.3. The molecule has 2 heterocycles. The number of halogens is 3. The maximum absolute atomic E-state index is 12.7. The summed E-state index contributed by atoms with van der Waals surface area (Å²) in [6.45, 7) is 1.75. The number of hydrogen-bond donors (Lipinski definition) is 2. The topological polar surface area (TPSA) is 84.8 Å². The predicted octanol–water partition coefficient (Wildman–Crippen LogP) is 5.78. The third-order valence-electron chi connectivity index (χ3n) is 5.41. The zero-order chi connectivity index (χ0) is 23.9. The maximum Gasteiger partial charge on any atom is 0.573 e. The summed E-state index contributed by atoms with van der Waals surface area (Å²) >= 11 is 1.29. The fourth-order valence-electron chi connectivity index (χ4n) is 3.65. The van der Waals surface area contributed by atoms with Gasteiger partial charge in [-0.25, -0.2) is 0 Å². The second-order valence-electron chi connectivity index (χ2n) is 7.98. The van der Waals surface area contributed by atoms with Crippen molar-refractivity contribution >= 4 is 34.3 Å². The maximum atomic E-state index is 12.7. The highest BCUT2D eigenvalue weighted by Gasteiger charge is 2.33. The van der Waals surface area contributed by atoms with E-state index in [0.717, 1.165) is 47.3 Å². The number of H-pyrrole nitrogens is 1. The van der Waals surface area contributed by atoms with Crippen LogP contribution in [0.3, 0.4) is 0 Å². The molecule has 2 aromatic carbocycles. The molecule has 0 spiro atoms. The number of ether oxygens (including phenoxy) is 1. The molecular formula is C23H20F3N5O2S. The summed E-state index contributed by atoms with van der Waals surface area (Å²) in [6, 6.07) is 13.3. The Labute approximate surface area is 196 Å². The van der Waals surface area contributed by atoms with E-state index < -0.39 is 11.6 Å². The molecule has 1 amide bonds. The van der Waals surface area contributed by atoms with Gasteiger partial charge in [-0.15, -0.1) is 23.4 Å². The number of benzene rings is 2. The first-order valence-corrected chi connectivity index (χ1v) is 11.5. The summed E-state index contributed by atoms with van der Waals surface area (Å²) in [6.07, 6.45) is -0.801. The van der Waals surface area contributed by atoms with Gasteiger partial charge in [0.1, 0.15) is 5.75 Å². The molecule has 11 heteroatoms. The van der Waals surface area contributed by atoms with Crippen molar-refractivity contribution in [3.63, 3.8) is 0 Å². The Bertz CT molecular complexity index is 1330. The summed E-state index contributed by atoms with van der Waals surface area (Å²) in [5.41, 5.74) is 2.34. The Morgan fingerprint density at radius 3 is 2.62 bits per heavy atom. The molecule has 2 N–H and O–H groups in total. The number of amides is 1. The largest absolute Gasteiger partial charge is 0.573 e. The van der Waals surface area contributed by atoms with E-state index in [0.29, 0.717) is 10.8 Å². The molecule has 0 bridgehead atoms. The van der Waals surface area contributed by atoms with Gasteiger partial charge in [-0.2, -0.15) is 0 Å². The molecule has 5 rings (SSSR count). The lowest BCUT2D eigenvalue weighted by Crippen LogP contribution is -2.23. The summed E-state index contributed by atoms with van der Waals surface area (Å²) < 4.78 is 42.9. The van der Waals surface area contributed by atoms with Crippen molar-refractivity contribution in [3.8, 4) is 17.1 Å². The Morgan fingerprint density at radius 1 is 1.18 bits per heavy atom. The molecule has 1 atom stereocenters. The van der Waals surface area contributed by atoms with E-state index in [1.165, 1.54) is 23.9 Å². The lowest BCUT2D eigenvalue weighted by atomic mass is 10.1. The third-order valence-corrected chi connectivity index (χ3v) is 6.47. The number of thioether (sulfide) groups is 1. The highest BCUT2D eigenvalue weighted by molar-refractivity contribution is 8.00. The number of nitrogens with zero attached hydrogens (tertiary/aromatic N) is 3. The SMILES string of the molecule is CC(Sc1nnc(-c2c[nH]c3ccccc23)n1C1CC1)C(=O)Nc1ccc(OC(F)(F)F)cc1. The van der Waals surface area contributed by atoms with Gasteiger partial charge in [0.05, 0.1) is 5.25 Å². The minimum Gasteiger partial charge on any atom is -0.406 e. The first-order chi connectivity index (χ1) is 16.3. The quantitative estimate of drug-likeness (QED) is 0.323. The van der Waals surface area contributed by atoms with Gasteiger partial charge in [0.25, 0.3) is 0 Å². The van der Waals surface area contributed by atoms with Crippen LogP contribution in [-0.2, 0) is 4.79 Å². The van der Waals surface area contributed by atoms with Gasteiger partial charge in [0.15, 0.2) is 11.0 Å². The van der Waals surface area contributed by atoms with Crippen LogP contribution in [0.2, 0.25) is 0 Å². The number of nitrogens with one attached hydrogen (secondary N) is 2. The van der Waals surface area contributed by atoms with E-state index >= 15 is 0 Å². The molecule has 1 fully saturated rings. The molecule has 1 aliphatic carbocycles. The van der Waals surface area contributed by atoms with Crippen LogP contribution in [0.25, 0.3) is 22.3 Å². The number of alkyl halides is 3. The number of carbonyl (C=O) groups excluding carboxylic acids is 1. The van der Waals surface area contributed by atoms with Crippen LogP contribution >= 0.6 is 11.8 Å². The Balaban J connectivity index is 1.31. The van der Waals surface area contributed by atoms with Gasteiger partial charge in [0, 0.05) is 34.4 Å². The fraction of sp³-hybridized carbons (Fsp3) is 0.261. The zero-order valence-electron chi connectivity index (χ0n) is 18.0. The summed E-state index contributed by atoms with van der Waals surface area (Å²) in [5.74, 6) is 0.110. The second kappa shape index (κ2) is 8.71. The van der Waals surface area contributed by atoms with Gasteiger partial charge < -0.3 is 15.0 Å². The minimum atomic E-state index is -4.76. The number of aromatic amines is 1. The minimum absolute atomic E-state index is 0.289. The monoisotopic (exact) mass is 487 g/mol. The molecule has 176 valence electrons. The number of para-hydroxylation sites is 1. The van der Waals surface area contributed by atoms with Gasteiger partial charge >= 0.3 is 6.36 Å². The summed E-state index contributed by atoms with van der Waals surface area (Å²) in [7, 11) is 0. The molecule has 34 heavy (non-hydrogen) atoms. The number of rotatable bonds is 7. The van der Waals surface area contributed by atoms with Crippen LogP contribution in [0.4, 0.5) is 18.9 Å². The summed E-state index contributed by atoms with van der Waals surface area (Å²) in [5, 5.41) is 12.7. The summed E-state index contributed by atoms with van der Waals surface area (Å²) in [4.78, 5) is 16.0. The van der Waals surface area contributed by atoms with E-state index in [4.69, 9.17) is 0 Å².